The lowest BCUT2D eigenvalue weighted by Crippen LogP contribution is -2.63. The van der Waals surface area contributed by atoms with Crippen LogP contribution < -0.4 is 10.1 Å². The molecule has 1 aromatic rings. The number of aliphatic carboxylic acids is 1. The van der Waals surface area contributed by atoms with E-state index in [0.29, 0.717) is 29.5 Å². The van der Waals surface area contributed by atoms with Crippen LogP contribution in [0.2, 0.25) is 10.0 Å². The highest BCUT2D eigenvalue weighted by Crippen LogP contribution is 2.60. The van der Waals surface area contributed by atoms with Crippen LogP contribution in [0.4, 0.5) is 0 Å². The Kier molecular flexibility index (Phi) is 4.82. The highest BCUT2D eigenvalue weighted by molar-refractivity contribution is 6.42. The molecule has 0 radical (unpaired) electrons. The molecule has 0 heterocycles. The largest absolute Gasteiger partial charge is 0.481 e. The Morgan fingerprint density at radius 1 is 1.18 bits per heavy atom. The molecule has 4 fully saturated rings. The van der Waals surface area contributed by atoms with E-state index in [-0.39, 0.29) is 28.8 Å². The number of carbonyl (C=O) groups excluding carboxylic acids is 1. The Hall–Kier alpha value is -1.46. The lowest BCUT2D eigenvalue weighted by Gasteiger charge is -2.58. The van der Waals surface area contributed by atoms with E-state index in [9.17, 15) is 14.7 Å². The molecule has 4 aliphatic rings. The van der Waals surface area contributed by atoms with Gasteiger partial charge in [-0.1, -0.05) is 29.3 Å². The van der Waals surface area contributed by atoms with E-state index < -0.39 is 17.0 Å². The second-order valence-electron chi connectivity index (χ2n) is 9.22. The molecule has 7 heteroatoms. The van der Waals surface area contributed by atoms with Crippen molar-refractivity contribution in [3.8, 4) is 5.75 Å². The SMILES string of the molecule is CC(C)(Oc1cccc(Cl)c1Cl)C(=O)NC1C2CC3CC1CC(C(=O)O)(C3)C2. The van der Waals surface area contributed by atoms with Crippen LogP contribution in [-0.4, -0.2) is 28.6 Å². The number of hydrogen-bond donors (Lipinski definition) is 2. The predicted molar refractivity (Wildman–Crippen MR) is 107 cm³/mol. The quantitative estimate of drug-likeness (QED) is 0.725. The van der Waals surface area contributed by atoms with Gasteiger partial charge in [0, 0.05) is 6.04 Å². The molecule has 28 heavy (non-hydrogen) atoms. The van der Waals surface area contributed by atoms with Crippen LogP contribution in [0.15, 0.2) is 18.2 Å². The highest BCUT2D eigenvalue weighted by atomic mass is 35.5. The first-order chi connectivity index (χ1) is 13.1. The van der Waals surface area contributed by atoms with Crippen LogP contribution in [0.25, 0.3) is 0 Å². The second-order valence-corrected chi connectivity index (χ2v) is 10.0. The standard InChI is InChI=1S/C21H25Cl2NO4/c1-20(2,28-15-5-3-4-14(22)16(15)23)18(25)24-17-12-6-11-7-13(17)10-21(8-11,9-12)19(26)27/h3-5,11-13,17H,6-10H2,1-2H3,(H,24,25)(H,26,27). The third-order valence-corrected chi connectivity index (χ3v) is 7.65. The van der Waals surface area contributed by atoms with Crippen LogP contribution in [0.5, 0.6) is 5.75 Å². The van der Waals surface area contributed by atoms with Crippen LogP contribution in [0.3, 0.4) is 0 Å². The summed E-state index contributed by atoms with van der Waals surface area (Å²) in [7, 11) is 0. The van der Waals surface area contributed by atoms with Gasteiger partial charge in [-0.05, 0) is 75.8 Å². The minimum absolute atomic E-state index is 0.00855. The number of carboxylic acids is 1. The summed E-state index contributed by atoms with van der Waals surface area (Å²) >= 11 is 12.2. The Morgan fingerprint density at radius 3 is 2.43 bits per heavy atom. The first-order valence-electron chi connectivity index (χ1n) is 9.79. The van der Waals surface area contributed by atoms with E-state index in [0.717, 1.165) is 19.3 Å². The van der Waals surface area contributed by atoms with Gasteiger partial charge in [0.1, 0.15) is 10.8 Å². The van der Waals surface area contributed by atoms with Gasteiger partial charge in [0.25, 0.3) is 5.91 Å². The summed E-state index contributed by atoms with van der Waals surface area (Å²) in [6.07, 6.45) is 4.09. The normalized spacial score (nSPS) is 33.6. The Balaban J connectivity index is 1.48. The van der Waals surface area contributed by atoms with Crippen molar-refractivity contribution < 1.29 is 19.4 Å². The van der Waals surface area contributed by atoms with Crippen molar-refractivity contribution in [2.75, 3.05) is 0 Å². The fourth-order valence-electron chi connectivity index (χ4n) is 5.73. The first kappa shape index (κ1) is 19.8. The summed E-state index contributed by atoms with van der Waals surface area (Å²) in [6, 6.07) is 5.08. The van der Waals surface area contributed by atoms with Crippen LogP contribution >= 0.6 is 23.2 Å². The number of carboxylic acid groups (broad SMARTS) is 1. The number of nitrogens with one attached hydrogen (secondary N) is 1. The summed E-state index contributed by atoms with van der Waals surface area (Å²) in [5, 5.41) is 13.6. The van der Waals surface area contributed by atoms with E-state index in [2.05, 4.69) is 5.32 Å². The zero-order valence-electron chi connectivity index (χ0n) is 16.0. The van der Waals surface area contributed by atoms with Crippen molar-refractivity contribution in [1.29, 1.82) is 0 Å². The molecule has 0 saturated heterocycles. The van der Waals surface area contributed by atoms with Crippen molar-refractivity contribution in [1.82, 2.24) is 5.32 Å². The third-order valence-electron chi connectivity index (χ3n) is 6.85. The van der Waals surface area contributed by atoms with Gasteiger partial charge in [-0.15, -0.1) is 0 Å². The van der Waals surface area contributed by atoms with Gasteiger partial charge in [0.15, 0.2) is 5.60 Å². The molecule has 4 aliphatic carbocycles. The van der Waals surface area contributed by atoms with Gasteiger partial charge in [-0.3, -0.25) is 9.59 Å². The van der Waals surface area contributed by atoms with E-state index in [1.807, 2.05) is 0 Å². The Morgan fingerprint density at radius 2 is 1.82 bits per heavy atom. The summed E-state index contributed by atoms with van der Waals surface area (Å²) in [4.78, 5) is 24.9. The fraction of sp³-hybridized carbons (Fsp3) is 0.619. The van der Waals surface area contributed by atoms with Crippen molar-refractivity contribution in [3.63, 3.8) is 0 Å². The number of ether oxygens (including phenoxy) is 1. The average molecular weight is 426 g/mol. The molecule has 2 N–H and O–H groups in total. The summed E-state index contributed by atoms with van der Waals surface area (Å²) in [5.41, 5.74) is -1.72. The highest BCUT2D eigenvalue weighted by Gasteiger charge is 2.59. The molecule has 4 bridgehead atoms. The van der Waals surface area contributed by atoms with Gasteiger partial charge in [-0.2, -0.15) is 0 Å². The van der Waals surface area contributed by atoms with Gasteiger partial charge in [0.05, 0.1) is 10.4 Å². The monoisotopic (exact) mass is 425 g/mol. The molecule has 0 aliphatic heterocycles. The molecule has 5 nitrogen and oxygen atoms in total. The molecule has 2 unspecified atom stereocenters. The molecular weight excluding hydrogens is 401 g/mol. The molecule has 4 saturated carbocycles. The van der Waals surface area contributed by atoms with Gasteiger partial charge in [0.2, 0.25) is 0 Å². The molecule has 1 amide bonds. The van der Waals surface area contributed by atoms with E-state index in [1.54, 1.807) is 32.0 Å². The molecular formula is C21H25Cl2NO4. The van der Waals surface area contributed by atoms with Gasteiger partial charge in [-0.25, -0.2) is 0 Å². The number of halogens is 2. The zero-order chi connectivity index (χ0) is 20.3. The van der Waals surface area contributed by atoms with Crippen LogP contribution in [-0.2, 0) is 9.59 Å². The lowest BCUT2D eigenvalue weighted by atomic mass is 9.48. The third kappa shape index (κ3) is 3.26. The van der Waals surface area contributed by atoms with Crippen molar-refractivity contribution >= 4 is 35.1 Å². The molecule has 5 rings (SSSR count). The molecule has 0 aromatic heterocycles. The zero-order valence-corrected chi connectivity index (χ0v) is 17.5. The smallest absolute Gasteiger partial charge is 0.309 e. The van der Waals surface area contributed by atoms with E-state index in [4.69, 9.17) is 27.9 Å². The second kappa shape index (κ2) is 6.81. The average Bonchev–Trinajstić information content (AvgIpc) is 2.61. The molecule has 2 atom stereocenters. The number of carbonyl (C=O) groups is 2. The van der Waals surface area contributed by atoms with E-state index in [1.165, 1.54) is 0 Å². The Bertz CT molecular complexity index is 809. The molecule has 152 valence electrons. The molecule has 0 spiro atoms. The number of amides is 1. The Labute approximate surface area is 174 Å². The first-order valence-corrected chi connectivity index (χ1v) is 10.5. The summed E-state index contributed by atoms with van der Waals surface area (Å²) in [6.45, 7) is 3.41. The summed E-state index contributed by atoms with van der Waals surface area (Å²) < 4.78 is 5.90. The predicted octanol–water partition coefficient (Wildman–Crippen LogP) is 4.55. The van der Waals surface area contributed by atoms with E-state index >= 15 is 0 Å². The van der Waals surface area contributed by atoms with Gasteiger partial charge >= 0.3 is 5.97 Å². The number of benzene rings is 1. The topological polar surface area (TPSA) is 75.6 Å². The van der Waals surface area contributed by atoms with Crippen molar-refractivity contribution in [2.45, 2.75) is 57.6 Å². The lowest BCUT2D eigenvalue weighted by molar-refractivity contribution is -0.168. The summed E-state index contributed by atoms with van der Waals surface area (Å²) in [5.74, 6) is 0.385. The van der Waals surface area contributed by atoms with Crippen LogP contribution in [0, 0.1) is 23.2 Å². The number of hydrogen-bond acceptors (Lipinski definition) is 3. The maximum Gasteiger partial charge on any atom is 0.309 e. The maximum atomic E-state index is 13.0. The van der Waals surface area contributed by atoms with Crippen molar-refractivity contribution in [3.05, 3.63) is 28.2 Å². The molecule has 1 aromatic carbocycles. The fourth-order valence-corrected chi connectivity index (χ4v) is 6.06. The number of rotatable bonds is 5. The minimum atomic E-state index is -1.13. The van der Waals surface area contributed by atoms with Crippen LogP contribution in [0.1, 0.15) is 46.0 Å². The maximum absolute atomic E-state index is 13.0. The van der Waals surface area contributed by atoms with Crippen molar-refractivity contribution in [2.24, 2.45) is 23.2 Å². The minimum Gasteiger partial charge on any atom is -0.481 e. The van der Waals surface area contributed by atoms with Gasteiger partial charge < -0.3 is 15.2 Å².